The lowest BCUT2D eigenvalue weighted by atomic mass is 10.1. The van der Waals surface area contributed by atoms with Crippen LogP contribution in [0.5, 0.6) is 0 Å². The van der Waals surface area contributed by atoms with E-state index in [-0.39, 0.29) is 11.9 Å². The Kier molecular flexibility index (Phi) is 4.65. The predicted octanol–water partition coefficient (Wildman–Crippen LogP) is 2.56. The SMILES string of the molecule is CC(Cc1ccncc1)NC(=O)c1cc(Cn2cnc3ccccc32)[nH]n1. The molecule has 1 unspecified atom stereocenters. The van der Waals surface area contributed by atoms with Crippen LogP contribution < -0.4 is 5.32 Å². The average Bonchev–Trinajstić information content (AvgIpc) is 3.30. The number of aromatic nitrogens is 5. The number of carbonyl (C=O) groups is 1. The zero-order valence-corrected chi connectivity index (χ0v) is 15.0. The number of fused-ring (bicyclic) bond motifs is 1. The molecular formula is C20H20N6O. The Hall–Kier alpha value is -3.48. The quantitative estimate of drug-likeness (QED) is 0.553. The number of nitrogens with one attached hydrogen (secondary N) is 2. The van der Waals surface area contributed by atoms with Gasteiger partial charge >= 0.3 is 0 Å². The van der Waals surface area contributed by atoms with Gasteiger partial charge in [-0.25, -0.2) is 4.98 Å². The van der Waals surface area contributed by atoms with Crippen molar-refractivity contribution >= 4 is 16.9 Å². The summed E-state index contributed by atoms with van der Waals surface area (Å²) in [5, 5.41) is 10.1. The average molecular weight is 360 g/mol. The molecule has 2 N–H and O–H groups in total. The number of aromatic amines is 1. The highest BCUT2D eigenvalue weighted by molar-refractivity contribution is 5.92. The van der Waals surface area contributed by atoms with Crippen LogP contribution in [-0.2, 0) is 13.0 Å². The molecule has 7 heteroatoms. The minimum absolute atomic E-state index is 0.00218. The second kappa shape index (κ2) is 7.41. The van der Waals surface area contributed by atoms with Crippen LogP contribution in [0, 0.1) is 0 Å². The van der Waals surface area contributed by atoms with Crippen LogP contribution in [-0.4, -0.2) is 36.7 Å². The number of imidazole rings is 1. The number of para-hydroxylation sites is 2. The molecule has 1 atom stereocenters. The van der Waals surface area contributed by atoms with E-state index < -0.39 is 0 Å². The molecule has 1 amide bonds. The third kappa shape index (κ3) is 3.87. The number of amides is 1. The van der Waals surface area contributed by atoms with Crippen LogP contribution in [0.1, 0.15) is 28.7 Å². The smallest absolute Gasteiger partial charge is 0.271 e. The van der Waals surface area contributed by atoms with Gasteiger partial charge < -0.3 is 9.88 Å². The first-order valence-corrected chi connectivity index (χ1v) is 8.83. The van der Waals surface area contributed by atoms with E-state index in [9.17, 15) is 4.79 Å². The van der Waals surface area contributed by atoms with Crippen LogP contribution in [0.15, 0.2) is 61.2 Å². The molecule has 0 aliphatic carbocycles. The lowest BCUT2D eigenvalue weighted by molar-refractivity contribution is 0.0935. The van der Waals surface area contributed by atoms with Gasteiger partial charge in [0.05, 0.1) is 29.6 Å². The van der Waals surface area contributed by atoms with Gasteiger partial charge in [-0.3, -0.25) is 14.9 Å². The number of hydrogen-bond acceptors (Lipinski definition) is 4. The monoisotopic (exact) mass is 360 g/mol. The summed E-state index contributed by atoms with van der Waals surface area (Å²) in [5.74, 6) is -0.186. The third-order valence-electron chi connectivity index (χ3n) is 4.40. The van der Waals surface area contributed by atoms with Crippen molar-refractivity contribution in [3.8, 4) is 0 Å². The number of hydrogen-bond donors (Lipinski definition) is 2. The first-order chi connectivity index (χ1) is 13.2. The van der Waals surface area contributed by atoms with Crippen molar-refractivity contribution in [1.29, 1.82) is 0 Å². The molecule has 136 valence electrons. The van der Waals surface area contributed by atoms with E-state index in [4.69, 9.17) is 0 Å². The molecule has 27 heavy (non-hydrogen) atoms. The van der Waals surface area contributed by atoms with Gasteiger partial charge in [0.15, 0.2) is 0 Å². The number of nitrogens with zero attached hydrogens (tertiary/aromatic N) is 4. The van der Waals surface area contributed by atoms with Crippen molar-refractivity contribution in [1.82, 2.24) is 30.0 Å². The molecule has 0 fully saturated rings. The minimum atomic E-state index is -0.186. The van der Waals surface area contributed by atoms with Gasteiger partial charge in [-0.15, -0.1) is 0 Å². The largest absolute Gasteiger partial charge is 0.348 e. The second-order valence-electron chi connectivity index (χ2n) is 6.57. The summed E-state index contributed by atoms with van der Waals surface area (Å²) < 4.78 is 2.02. The van der Waals surface area contributed by atoms with E-state index in [0.29, 0.717) is 12.2 Å². The van der Waals surface area contributed by atoms with E-state index in [2.05, 4.69) is 25.5 Å². The summed E-state index contributed by atoms with van der Waals surface area (Å²) in [6, 6.07) is 13.6. The minimum Gasteiger partial charge on any atom is -0.348 e. The van der Waals surface area contributed by atoms with Crippen LogP contribution >= 0.6 is 0 Å². The molecule has 0 saturated carbocycles. The van der Waals surface area contributed by atoms with Gasteiger partial charge in [-0.1, -0.05) is 12.1 Å². The Bertz CT molecular complexity index is 1050. The maximum atomic E-state index is 12.4. The highest BCUT2D eigenvalue weighted by Gasteiger charge is 2.14. The highest BCUT2D eigenvalue weighted by Crippen LogP contribution is 2.13. The standard InChI is InChI=1S/C20H20N6O/c1-14(10-15-6-8-21-9-7-15)23-20(27)18-11-16(24-25-18)12-26-13-22-17-4-2-3-5-19(17)26/h2-9,11,13-14H,10,12H2,1H3,(H,23,27)(H,24,25). The first kappa shape index (κ1) is 17.0. The molecule has 7 nitrogen and oxygen atoms in total. The molecule has 4 aromatic rings. The lowest BCUT2D eigenvalue weighted by Crippen LogP contribution is -2.34. The molecule has 0 bridgehead atoms. The number of rotatable bonds is 6. The van der Waals surface area contributed by atoms with Crippen LogP contribution in [0.25, 0.3) is 11.0 Å². The van der Waals surface area contributed by atoms with E-state index >= 15 is 0 Å². The van der Waals surface area contributed by atoms with Gasteiger partial charge in [0.1, 0.15) is 5.69 Å². The van der Waals surface area contributed by atoms with Gasteiger partial charge in [0, 0.05) is 18.4 Å². The van der Waals surface area contributed by atoms with Gasteiger partial charge in [-0.05, 0) is 49.2 Å². The van der Waals surface area contributed by atoms with Gasteiger partial charge in [0.2, 0.25) is 0 Å². The number of benzene rings is 1. The fourth-order valence-corrected chi connectivity index (χ4v) is 3.10. The fourth-order valence-electron chi connectivity index (χ4n) is 3.10. The first-order valence-electron chi connectivity index (χ1n) is 8.83. The van der Waals surface area contributed by atoms with E-state index in [0.717, 1.165) is 28.7 Å². The van der Waals surface area contributed by atoms with Crippen LogP contribution in [0.3, 0.4) is 0 Å². The van der Waals surface area contributed by atoms with Crippen molar-refractivity contribution in [2.24, 2.45) is 0 Å². The van der Waals surface area contributed by atoms with E-state index in [1.807, 2.05) is 47.9 Å². The lowest BCUT2D eigenvalue weighted by Gasteiger charge is -2.12. The summed E-state index contributed by atoms with van der Waals surface area (Å²) in [6.45, 7) is 2.55. The van der Waals surface area contributed by atoms with Crippen molar-refractivity contribution < 1.29 is 4.79 Å². The summed E-state index contributed by atoms with van der Waals surface area (Å²) in [6.07, 6.45) is 6.04. The number of pyridine rings is 1. The highest BCUT2D eigenvalue weighted by atomic mass is 16.2. The normalized spacial score (nSPS) is 12.2. The Balaban J connectivity index is 1.40. The Morgan fingerprint density at radius 2 is 2.04 bits per heavy atom. The Morgan fingerprint density at radius 3 is 2.89 bits per heavy atom. The summed E-state index contributed by atoms with van der Waals surface area (Å²) in [5.41, 5.74) is 4.36. The molecule has 3 heterocycles. The van der Waals surface area contributed by atoms with E-state index in [1.54, 1.807) is 24.8 Å². The number of carbonyl (C=O) groups excluding carboxylic acids is 1. The fraction of sp³-hybridized carbons (Fsp3) is 0.200. The van der Waals surface area contributed by atoms with Gasteiger partial charge in [-0.2, -0.15) is 5.10 Å². The molecule has 3 aromatic heterocycles. The van der Waals surface area contributed by atoms with Crippen molar-refractivity contribution in [2.75, 3.05) is 0 Å². The summed E-state index contributed by atoms with van der Waals surface area (Å²) in [7, 11) is 0. The molecule has 0 radical (unpaired) electrons. The molecule has 4 rings (SSSR count). The number of H-pyrrole nitrogens is 1. The van der Waals surface area contributed by atoms with Crippen molar-refractivity contribution in [3.63, 3.8) is 0 Å². The zero-order valence-electron chi connectivity index (χ0n) is 15.0. The van der Waals surface area contributed by atoms with Crippen molar-refractivity contribution in [3.05, 3.63) is 78.1 Å². The zero-order chi connectivity index (χ0) is 18.6. The Morgan fingerprint density at radius 1 is 1.22 bits per heavy atom. The molecule has 0 spiro atoms. The van der Waals surface area contributed by atoms with E-state index in [1.165, 1.54) is 0 Å². The third-order valence-corrected chi connectivity index (χ3v) is 4.40. The maximum Gasteiger partial charge on any atom is 0.271 e. The maximum absolute atomic E-state index is 12.4. The topological polar surface area (TPSA) is 88.5 Å². The molecular weight excluding hydrogens is 340 g/mol. The molecule has 0 aliphatic rings. The van der Waals surface area contributed by atoms with Gasteiger partial charge in [0.25, 0.3) is 5.91 Å². The molecule has 0 saturated heterocycles. The molecule has 1 aromatic carbocycles. The summed E-state index contributed by atoms with van der Waals surface area (Å²) >= 11 is 0. The molecule has 0 aliphatic heterocycles. The Labute approximate surface area is 156 Å². The second-order valence-corrected chi connectivity index (χ2v) is 6.57. The van der Waals surface area contributed by atoms with Crippen molar-refractivity contribution in [2.45, 2.75) is 25.9 Å². The van der Waals surface area contributed by atoms with Crippen LogP contribution in [0.2, 0.25) is 0 Å². The predicted molar refractivity (Wildman–Crippen MR) is 102 cm³/mol. The van der Waals surface area contributed by atoms with Crippen LogP contribution in [0.4, 0.5) is 0 Å². The summed E-state index contributed by atoms with van der Waals surface area (Å²) in [4.78, 5) is 20.8.